The summed E-state index contributed by atoms with van der Waals surface area (Å²) in [6.45, 7) is 9.91. The molecule has 0 aliphatic rings. The number of hydrogen-bond donors (Lipinski definition) is 2. The molecule has 0 radical (unpaired) electrons. The minimum atomic E-state index is 0.505. The Labute approximate surface area is 139 Å². The van der Waals surface area contributed by atoms with Gasteiger partial charge in [0.2, 0.25) is 5.88 Å². The Morgan fingerprint density at radius 1 is 1.26 bits per heavy atom. The summed E-state index contributed by atoms with van der Waals surface area (Å²) in [5.41, 5.74) is 1.05. The van der Waals surface area contributed by atoms with Crippen LogP contribution in [0.1, 0.15) is 32.8 Å². The average Bonchev–Trinajstić information content (AvgIpc) is 2.54. The second-order valence-corrected chi connectivity index (χ2v) is 5.65. The van der Waals surface area contributed by atoms with Gasteiger partial charge in [-0.25, -0.2) is 9.98 Å². The van der Waals surface area contributed by atoms with Crippen molar-refractivity contribution in [2.45, 2.75) is 33.7 Å². The number of ether oxygens (including phenoxy) is 2. The molecule has 0 atom stereocenters. The zero-order valence-electron chi connectivity index (χ0n) is 14.8. The Hall–Kier alpha value is -1.82. The smallest absolute Gasteiger partial charge is 0.213 e. The van der Waals surface area contributed by atoms with Gasteiger partial charge in [0.15, 0.2) is 5.96 Å². The molecular weight excluding hydrogens is 292 g/mol. The molecule has 0 saturated carbocycles. The van der Waals surface area contributed by atoms with Crippen molar-refractivity contribution in [3.05, 3.63) is 23.9 Å². The van der Waals surface area contributed by atoms with E-state index >= 15 is 0 Å². The first-order valence-electron chi connectivity index (χ1n) is 8.24. The molecule has 0 aromatic carbocycles. The summed E-state index contributed by atoms with van der Waals surface area (Å²) in [5.74, 6) is 2.13. The molecule has 1 aromatic heterocycles. The molecule has 1 aromatic rings. The van der Waals surface area contributed by atoms with Crippen LogP contribution in [0.15, 0.2) is 23.3 Å². The van der Waals surface area contributed by atoms with Crippen LogP contribution in [0, 0.1) is 5.92 Å². The van der Waals surface area contributed by atoms with E-state index in [1.807, 2.05) is 12.1 Å². The van der Waals surface area contributed by atoms with Crippen LogP contribution < -0.4 is 15.4 Å². The molecule has 130 valence electrons. The van der Waals surface area contributed by atoms with E-state index in [1.165, 1.54) is 0 Å². The first-order chi connectivity index (χ1) is 11.2. The largest absolute Gasteiger partial charge is 0.475 e. The van der Waals surface area contributed by atoms with Crippen LogP contribution in [0.2, 0.25) is 0 Å². The number of methoxy groups -OCH3 is 1. The van der Waals surface area contributed by atoms with Gasteiger partial charge in [0.1, 0.15) is 6.61 Å². The lowest BCUT2D eigenvalue weighted by Gasteiger charge is -2.12. The van der Waals surface area contributed by atoms with Gasteiger partial charge < -0.3 is 20.1 Å². The van der Waals surface area contributed by atoms with Crippen molar-refractivity contribution >= 4 is 5.96 Å². The van der Waals surface area contributed by atoms with Gasteiger partial charge in [0.05, 0.1) is 13.2 Å². The predicted octanol–water partition coefficient (Wildman–Crippen LogP) is 2.21. The van der Waals surface area contributed by atoms with Crippen LogP contribution in [-0.2, 0) is 11.3 Å². The standard InChI is InChI=1S/C17H30N4O2/c1-5-18-17(19-9-8-14(2)3)21-13-15-6-7-16(20-12-15)23-11-10-22-4/h6-7,12,14H,5,8-11,13H2,1-4H3,(H2,18,19,21). The van der Waals surface area contributed by atoms with Crippen molar-refractivity contribution in [2.24, 2.45) is 10.9 Å². The lowest BCUT2D eigenvalue weighted by molar-refractivity contribution is 0.143. The van der Waals surface area contributed by atoms with E-state index in [4.69, 9.17) is 9.47 Å². The SMILES string of the molecule is CCNC(=NCc1ccc(OCCOC)nc1)NCCC(C)C. The fraction of sp³-hybridized carbons (Fsp3) is 0.647. The summed E-state index contributed by atoms with van der Waals surface area (Å²) in [6.07, 6.45) is 2.92. The van der Waals surface area contributed by atoms with Crippen molar-refractivity contribution in [1.82, 2.24) is 15.6 Å². The fourth-order valence-electron chi connectivity index (χ4n) is 1.81. The van der Waals surface area contributed by atoms with Crippen molar-refractivity contribution in [1.29, 1.82) is 0 Å². The first-order valence-corrected chi connectivity index (χ1v) is 8.24. The Kier molecular flexibility index (Phi) is 9.79. The Bertz CT molecular complexity index is 446. The Balaban J connectivity index is 2.47. The number of guanidine groups is 1. The molecule has 6 heteroatoms. The maximum absolute atomic E-state index is 5.44. The predicted molar refractivity (Wildman–Crippen MR) is 93.9 cm³/mol. The molecular formula is C17H30N4O2. The van der Waals surface area contributed by atoms with Gasteiger partial charge in [-0.2, -0.15) is 0 Å². The molecule has 0 fully saturated rings. The monoisotopic (exact) mass is 322 g/mol. The first kappa shape index (κ1) is 19.2. The fourth-order valence-corrected chi connectivity index (χ4v) is 1.81. The highest BCUT2D eigenvalue weighted by Crippen LogP contribution is 2.08. The Morgan fingerprint density at radius 2 is 2.09 bits per heavy atom. The number of aromatic nitrogens is 1. The molecule has 0 bridgehead atoms. The quantitative estimate of drug-likeness (QED) is 0.393. The number of pyridine rings is 1. The number of rotatable bonds is 10. The number of hydrogen-bond acceptors (Lipinski definition) is 4. The van der Waals surface area contributed by atoms with E-state index in [0.29, 0.717) is 31.6 Å². The summed E-state index contributed by atoms with van der Waals surface area (Å²) < 4.78 is 10.4. The van der Waals surface area contributed by atoms with Crippen LogP contribution in [-0.4, -0.2) is 44.4 Å². The molecule has 1 heterocycles. The third-order valence-corrected chi connectivity index (χ3v) is 3.11. The normalized spacial score (nSPS) is 11.6. The summed E-state index contributed by atoms with van der Waals surface area (Å²) in [7, 11) is 1.65. The van der Waals surface area contributed by atoms with E-state index < -0.39 is 0 Å². The molecule has 0 saturated heterocycles. The van der Waals surface area contributed by atoms with Gasteiger partial charge in [0.25, 0.3) is 0 Å². The van der Waals surface area contributed by atoms with Gasteiger partial charge in [-0.3, -0.25) is 0 Å². The van der Waals surface area contributed by atoms with Crippen molar-refractivity contribution in [2.75, 3.05) is 33.4 Å². The zero-order valence-corrected chi connectivity index (χ0v) is 14.8. The van der Waals surface area contributed by atoms with Gasteiger partial charge in [-0.1, -0.05) is 19.9 Å². The van der Waals surface area contributed by atoms with Gasteiger partial charge in [-0.05, 0) is 24.8 Å². The molecule has 6 nitrogen and oxygen atoms in total. The lowest BCUT2D eigenvalue weighted by atomic mass is 10.1. The highest BCUT2D eigenvalue weighted by atomic mass is 16.5. The molecule has 0 aliphatic carbocycles. The molecule has 2 N–H and O–H groups in total. The topological polar surface area (TPSA) is 67.8 Å². The van der Waals surface area contributed by atoms with Gasteiger partial charge >= 0.3 is 0 Å². The van der Waals surface area contributed by atoms with E-state index in [1.54, 1.807) is 13.3 Å². The molecule has 0 spiro atoms. The number of aliphatic imine (C=N–C) groups is 1. The molecule has 23 heavy (non-hydrogen) atoms. The van der Waals surface area contributed by atoms with Crippen LogP contribution >= 0.6 is 0 Å². The summed E-state index contributed by atoms with van der Waals surface area (Å²) in [5, 5.41) is 6.60. The molecule has 0 amide bonds. The van der Waals surface area contributed by atoms with Crippen LogP contribution in [0.25, 0.3) is 0 Å². The summed E-state index contributed by atoms with van der Waals surface area (Å²) in [6, 6.07) is 3.84. The second-order valence-electron chi connectivity index (χ2n) is 5.65. The number of nitrogens with zero attached hydrogens (tertiary/aromatic N) is 2. The average molecular weight is 322 g/mol. The highest BCUT2D eigenvalue weighted by Gasteiger charge is 2.00. The van der Waals surface area contributed by atoms with Crippen molar-refractivity contribution < 1.29 is 9.47 Å². The van der Waals surface area contributed by atoms with Gasteiger partial charge in [0, 0.05) is 32.5 Å². The van der Waals surface area contributed by atoms with Gasteiger partial charge in [-0.15, -0.1) is 0 Å². The van der Waals surface area contributed by atoms with Crippen LogP contribution in [0.5, 0.6) is 5.88 Å². The summed E-state index contributed by atoms with van der Waals surface area (Å²) >= 11 is 0. The van der Waals surface area contributed by atoms with E-state index in [2.05, 4.69) is 41.4 Å². The van der Waals surface area contributed by atoms with E-state index in [0.717, 1.165) is 31.0 Å². The molecule has 0 aliphatic heterocycles. The third-order valence-electron chi connectivity index (χ3n) is 3.11. The van der Waals surface area contributed by atoms with Crippen molar-refractivity contribution in [3.63, 3.8) is 0 Å². The summed E-state index contributed by atoms with van der Waals surface area (Å²) in [4.78, 5) is 8.85. The minimum absolute atomic E-state index is 0.505. The molecule has 1 rings (SSSR count). The third kappa shape index (κ3) is 9.03. The second kappa shape index (κ2) is 11.7. The van der Waals surface area contributed by atoms with E-state index in [-0.39, 0.29) is 0 Å². The maximum Gasteiger partial charge on any atom is 0.213 e. The van der Waals surface area contributed by atoms with Crippen molar-refractivity contribution in [3.8, 4) is 5.88 Å². The zero-order chi connectivity index (χ0) is 16.9. The highest BCUT2D eigenvalue weighted by molar-refractivity contribution is 5.79. The molecule has 0 unspecified atom stereocenters. The Morgan fingerprint density at radius 3 is 2.70 bits per heavy atom. The maximum atomic E-state index is 5.44. The number of nitrogens with one attached hydrogen (secondary N) is 2. The van der Waals surface area contributed by atoms with E-state index in [9.17, 15) is 0 Å². The lowest BCUT2D eigenvalue weighted by Crippen LogP contribution is -2.38. The van der Waals surface area contributed by atoms with Crippen LogP contribution in [0.4, 0.5) is 0 Å². The minimum Gasteiger partial charge on any atom is -0.475 e. The van der Waals surface area contributed by atoms with Crippen LogP contribution in [0.3, 0.4) is 0 Å².